The van der Waals surface area contributed by atoms with Gasteiger partial charge in [0, 0.05) is 18.0 Å². The van der Waals surface area contributed by atoms with Crippen molar-refractivity contribution in [2.24, 2.45) is 11.8 Å². The summed E-state index contributed by atoms with van der Waals surface area (Å²) in [5.41, 5.74) is 1.03. The molecule has 142 valence electrons. The van der Waals surface area contributed by atoms with E-state index < -0.39 is 0 Å². The number of amides is 1. The monoisotopic (exact) mass is 388 g/mol. The number of piperidine rings is 1. The summed E-state index contributed by atoms with van der Waals surface area (Å²) in [4.78, 5) is 12.0. The van der Waals surface area contributed by atoms with Crippen LogP contribution in [0.5, 0.6) is 5.75 Å². The third-order valence-electron chi connectivity index (χ3n) is 4.73. The lowest BCUT2D eigenvalue weighted by Crippen LogP contribution is -2.33. The van der Waals surface area contributed by atoms with Crippen molar-refractivity contribution in [3.63, 3.8) is 0 Å². The lowest BCUT2D eigenvalue weighted by atomic mass is 9.84. The minimum atomic E-state index is 0. The largest absolute Gasteiger partial charge is 0.493 e. The summed E-state index contributed by atoms with van der Waals surface area (Å²) < 4.78 is 5.73. The number of ether oxygens (including phenoxy) is 1. The Morgan fingerprint density at radius 2 is 2.12 bits per heavy atom. The Morgan fingerprint density at radius 1 is 1.40 bits per heavy atom. The van der Waals surface area contributed by atoms with Gasteiger partial charge in [-0.15, -0.1) is 12.4 Å². The Balaban J connectivity index is 0.00000312. The van der Waals surface area contributed by atoms with Gasteiger partial charge in [-0.2, -0.15) is 0 Å². The number of hydrogen-bond donors (Lipinski definition) is 2. The molecule has 1 amide bonds. The van der Waals surface area contributed by atoms with Gasteiger partial charge in [-0.1, -0.05) is 18.5 Å². The second kappa shape index (κ2) is 11.6. The summed E-state index contributed by atoms with van der Waals surface area (Å²) in [6.07, 6.45) is 3.79. The van der Waals surface area contributed by atoms with Gasteiger partial charge in [-0.3, -0.25) is 4.79 Å². The number of carbonyl (C=O) groups is 1. The van der Waals surface area contributed by atoms with Crippen LogP contribution in [0.15, 0.2) is 18.2 Å². The molecule has 1 aromatic carbocycles. The molecule has 1 aliphatic rings. The van der Waals surface area contributed by atoms with Crippen LogP contribution in [0, 0.1) is 18.8 Å². The maximum atomic E-state index is 12.0. The van der Waals surface area contributed by atoms with E-state index in [1.807, 2.05) is 25.1 Å². The highest BCUT2D eigenvalue weighted by Crippen LogP contribution is 2.24. The topological polar surface area (TPSA) is 50.4 Å². The fraction of sp³-hybridized carbons (Fsp3) is 0.632. The van der Waals surface area contributed by atoms with E-state index in [0.717, 1.165) is 35.8 Å². The molecule has 1 saturated heterocycles. The molecular weight excluding hydrogens is 359 g/mol. The van der Waals surface area contributed by atoms with Crippen molar-refractivity contribution in [3.8, 4) is 5.75 Å². The van der Waals surface area contributed by atoms with E-state index in [4.69, 9.17) is 16.3 Å². The smallest absolute Gasteiger partial charge is 0.220 e. The number of halogens is 2. The van der Waals surface area contributed by atoms with Gasteiger partial charge in [0.1, 0.15) is 5.75 Å². The molecule has 6 heteroatoms. The van der Waals surface area contributed by atoms with E-state index in [9.17, 15) is 4.79 Å². The quantitative estimate of drug-likeness (QED) is 0.662. The standard InChI is InChI=1S/C19H29ClN2O2.ClH/c1-14(16-6-9-21-10-7-16)13-19(23)22-8-3-11-24-18-5-4-17(20)12-15(18)2;/h4-5,12,14,16,21H,3,6-11,13H2,1-2H3,(H,22,23);1H. The van der Waals surface area contributed by atoms with Crippen molar-refractivity contribution < 1.29 is 9.53 Å². The fourth-order valence-corrected chi connectivity index (χ4v) is 3.43. The second-order valence-electron chi connectivity index (χ2n) is 6.73. The van der Waals surface area contributed by atoms with Crippen molar-refractivity contribution in [2.45, 2.75) is 39.5 Å². The first-order chi connectivity index (χ1) is 11.6. The minimum Gasteiger partial charge on any atom is -0.493 e. The molecule has 1 aliphatic heterocycles. The highest BCUT2D eigenvalue weighted by Gasteiger charge is 2.21. The Labute approximate surface area is 162 Å². The van der Waals surface area contributed by atoms with Gasteiger partial charge in [-0.25, -0.2) is 0 Å². The SMILES string of the molecule is Cc1cc(Cl)ccc1OCCCNC(=O)CC(C)C1CCNCC1.Cl. The molecule has 1 fully saturated rings. The summed E-state index contributed by atoms with van der Waals surface area (Å²) in [6, 6.07) is 5.60. The van der Waals surface area contributed by atoms with E-state index >= 15 is 0 Å². The Bertz CT molecular complexity index is 534. The van der Waals surface area contributed by atoms with E-state index in [-0.39, 0.29) is 18.3 Å². The van der Waals surface area contributed by atoms with Crippen LogP contribution in [-0.2, 0) is 4.79 Å². The molecule has 0 aliphatic carbocycles. The van der Waals surface area contributed by atoms with Gasteiger partial charge in [0.25, 0.3) is 0 Å². The third-order valence-corrected chi connectivity index (χ3v) is 4.97. The first-order valence-electron chi connectivity index (χ1n) is 8.92. The normalized spacial score (nSPS) is 16.0. The molecule has 0 aromatic heterocycles. The number of carbonyl (C=O) groups excluding carboxylic acids is 1. The lowest BCUT2D eigenvalue weighted by Gasteiger charge is -2.27. The molecule has 0 spiro atoms. The molecule has 2 N–H and O–H groups in total. The van der Waals surface area contributed by atoms with Crippen molar-refractivity contribution >= 4 is 29.9 Å². The van der Waals surface area contributed by atoms with Crippen LogP contribution in [0.4, 0.5) is 0 Å². The van der Waals surface area contributed by atoms with Crippen LogP contribution >= 0.6 is 24.0 Å². The van der Waals surface area contributed by atoms with Crippen LogP contribution in [0.1, 0.15) is 38.2 Å². The number of aryl methyl sites for hydroxylation is 1. The number of benzene rings is 1. The summed E-state index contributed by atoms with van der Waals surface area (Å²) in [6.45, 7) is 7.58. The van der Waals surface area contributed by atoms with E-state index in [0.29, 0.717) is 31.4 Å². The molecule has 1 aromatic rings. The van der Waals surface area contributed by atoms with Gasteiger partial charge in [0.15, 0.2) is 0 Å². The molecule has 0 bridgehead atoms. The van der Waals surface area contributed by atoms with E-state index in [1.54, 1.807) is 0 Å². The number of rotatable bonds is 8. The Morgan fingerprint density at radius 3 is 2.80 bits per heavy atom. The molecule has 0 saturated carbocycles. The maximum Gasteiger partial charge on any atom is 0.220 e. The van der Waals surface area contributed by atoms with Crippen molar-refractivity contribution in [1.29, 1.82) is 0 Å². The van der Waals surface area contributed by atoms with Gasteiger partial charge in [0.2, 0.25) is 5.91 Å². The van der Waals surface area contributed by atoms with Gasteiger partial charge in [-0.05, 0) is 74.9 Å². The zero-order chi connectivity index (χ0) is 17.4. The highest BCUT2D eigenvalue weighted by molar-refractivity contribution is 6.30. The zero-order valence-electron chi connectivity index (χ0n) is 15.1. The summed E-state index contributed by atoms with van der Waals surface area (Å²) in [5, 5.41) is 7.09. The second-order valence-corrected chi connectivity index (χ2v) is 7.17. The first-order valence-corrected chi connectivity index (χ1v) is 9.30. The van der Waals surface area contributed by atoms with Gasteiger partial charge >= 0.3 is 0 Å². The summed E-state index contributed by atoms with van der Waals surface area (Å²) in [7, 11) is 0. The minimum absolute atomic E-state index is 0. The average molecular weight is 389 g/mol. The predicted octanol–water partition coefficient (Wildman–Crippen LogP) is 3.98. The Kier molecular flexibility index (Phi) is 10.2. The number of nitrogens with one attached hydrogen (secondary N) is 2. The fourth-order valence-electron chi connectivity index (χ4n) is 3.20. The highest BCUT2D eigenvalue weighted by atomic mass is 35.5. The zero-order valence-corrected chi connectivity index (χ0v) is 16.7. The Hall–Kier alpha value is -0.970. The van der Waals surface area contributed by atoms with E-state index in [2.05, 4.69) is 17.6 Å². The molecule has 1 atom stereocenters. The first kappa shape index (κ1) is 22.1. The maximum absolute atomic E-state index is 12.0. The summed E-state index contributed by atoms with van der Waals surface area (Å²) in [5.74, 6) is 2.14. The third kappa shape index (κ3) is 7.85. The van der Waals surface area contributed by atoms with Gasteiger partial charge < -0.3 is 15.4 Å². The summed E-state index contributed by atoms with van der Waals surface area (Å²) >= 11 is 5.93. The van der Waals surface area contributed by atoms with Crippen molar-refractivity contribution in [3.05, 3.63) is 28.8 Å². The van der Waals surface area contributed by atoms with Crippen LogP contribution < -0.4 is 15.4 Å². The molecule has 1 unspecified atom stereocenters. The van der Waals surface area contributed by atoms with E-state index in [1.165, 1.54) is 12.8 Å². The molecule has 2 rings (SSSR count). The molecular formula is C19H30Cl2N2O2. The van der Waals surface area contributed by atoms with Crippen molar-refractivity contribution in [2.75, 3.05) is 26.2 Å². The van der Waals surface area contributed by atoms with Gasteiger partial charge in [0.05, 0.1) is 6.61 Å². The van der Waals surface area contributed by atoms with Crippen LogP contribution in [0.25, 0.3) is 0 Å². The van der Waals surface area contributed by atoms with Crippen LogP contribution in [0.2, 0.25) is 5.02 Å². The van der Waals surface area contributed by atoms with Crippen LogP contribution in [0.3, 0.4) is 0 Å². The number of hydrogen-bond acceptors (Lipinski definition) is 3. The lowest BCUT2D eigenvalue weighted by molar-refractivity contribution is -0.122. The molecule has 0 radical (unpaired) electrons. The van der Waals surface area contributed by atoms with Crippen molar-refractivity contribution in [1.82, 2.24) is 10.6 Å². The molecule has 4 nitrogen and oxygen atoms in total. The van der Waals surface area contributed by atoms with Crippen LogP contribution in [-0.4, -0.2) is 32.1 Å². The molecule has 1 heterocycles. The molecule has 25 heavy (non-hydrogen) atoms. The predicted molar refractivity (Wildman–Crippen MR) is 106 cm³/mol. The average Bonchev–Trinajstić information content (AvgIpc) is 2.57.